The van der Waals surface area contributed by atoms with Crippen molar-refractivity contribution in [3.05, 3.63) is 35.4 Å². The van der Waals surface area contributed by atoms with Crippen LogP contribution in [0.15, 0.2) is 24.3 Å². The Morgan fingerprint density at radius 3 is 2.88 bits per heavy atom. The van der Waals surface area contributed by atoms with E-state index < -0.39 is 0 Å². The van der Waals surface area contributed by atoms with Crippen molar-refractivity contribution in [2.45, 2.75) is 56.4 Å². The number of hydrogen-bond donors (Lipinski definition) is 1. The average molecular weight is 229 g/mol. The van der Waals surface area contributed by atoms with Crippen molar-refractivity contribution < 1.29 is 4.74 Å². The third-order valence-electron chi connectivity index (χ3n) is 4.65. The molecule has 2 bridgehead atoms. The first kappa shape index (κ1) is 10.1. The molecule has 4 rings (SSSR count). The number of nitrogens with one attached hydrogen (secondary N) is 1. The maximum atomic E-state index is 5.92. The molecule has 4 atom stereocenters. The van der Waals surface area contributed by atoms with Crippen LogP contribution in [0.4, 0.5) is 0 Å². The predicted octanol–water partition coefficient (Wildman–Crippen LogP) is 2.58. The van der Waals surface area contributed by atoms with Gasteiger partial charge in [0, 0.05) is 12.1 Å². The van der Waals surface area contributed by atoms with Crippen LogP contribution in [0.1, 0.15) is 42.9 Å². The van der Waals surface area contributed by atoms with E-state index in [9.17, 15) is 0 Å². The quantitative estimate of drug-likeness (QED) is 0.841. The molecule has 1 aromatic rings. The second kappa shape index (κ2) is 3.82. The maximum absolute atomic E-state index is 5.92. The van der Waals surface area contributed by atoms with Crippen LogP contribution in [0.2, 0.25) is 0 Å². The fraction of sp³-hybridized carbons (Fsp3) is 0.600. The van der Waals surface area contributed by atoms with E-state index in [1.807, 2.05) is 0 Å². The number of hydrogen-bond acceptors (Lipinski definition) is 2. The molecule has 0 amide bonds. The monoisotopic (exact) mass is 229 g/mol. The van der Waals surface area contributed by atoms with E-state index in [2.05, 4.69) is 29.6 Å². The Morgan fingerprint density at radius 1 is 1.12 bits per heavy atom. The fourth-order valence-electron chi connectivity index (χ4n) is 3.80. The fourth-order valence-corrected chi connectivity index (χ4v) is 3.80. The number of aryl methyl sites for hydroxylation is 1. The Balaban J connectivity index is 1.51. The van der Waals surface area contributed by atoms with Gasteiger partial charge in [0.05, 0.1) is 12.2 Å². The van der Waals surface area contributed by atoms with Gasteiger partial charge in [0.1, 0.15) is 0 Å². The summed E-state index contributed by atoms with van der Waals surface area (Å²) in [5.41, 5.74) is 3.06. The molecule has 17 heavy (non-hydrogen) atoms. The molecule has 2 heteroatoms. The van der Waals surface area contributed by atoms with E-state index in [-0.39, 0.29) is 0 Å². The molecule has 0 aromatic heterocycles. The maximum Gasteiger partial charge on any atom is 0.0733 e. The zero-order chi connectivity index (χ0) is 11.2. The second-order valence-electron chi connectivity index (χ2n) is 5.67. The highest BCUT2D eigenvalue weighted by molar-refractivity contribution is 5.34. The van der Waals surface area contributed by atoms with Crippen molar-refractivity contribution in [3.63, 3.8) is 0 Å². The van der Waals surface area contributed by atoms with Gasteiger partial charge >= 0.3 is 0 Å². The lowest BCUT2D eigenvalue weighted by molar-refractivity contribution is 0.0960. The first-order valence-corrected chi connectivity index (χ1v) is 6.89. The van der Waals surface area contributed by atoms with Crippen LogP contribution in [0.25, 0.3) is 0 Å². The Hall–Kier alpha value is -0.860. The van der Waals surface area contributed by atoms with Gasteiger partial charge in [0.25, 0.3) is 0 Å². The van der Waals surface area contributed by atoms with Crippen LogP contribution >= 0.6 is 0 Å². The summed E-state index contributed by atoms with van der Waals surface area (Å²) in [6, 6.07) is 10.0. The topological polar surface area (TPSA) is 21.3 Å². The molecule has 90 valence electrons. The van der Waals surface area contributed by atoms with Crippen LogP contribution in [0.3, 0.4) is 0 Å². The number of fused-ring (bicyclic) bond motifs is 3. The molecule has 0 radical (unpaired) electrons. The van der Waals surface area contributed by atoms with Gasteiger partial charge in [-0.05, 0) is 43.2 Å². The molecule has 2 saturated heterocycles. The molecule has 1 N–H and O–H groups in total. The van der Waals surface area contributed by atoms with Gasteiger partial charge in [-0.1, -0.05) is 24.3 Å². The lowest BCUT2D eigenvalue weighted by atomic mass is 9.94. The minimum absolute atomic E-state index is 0.493. The van der Waals surface area contributed by atoms with E-state index in [4.69, 9.17) is 4.74 Å². The number of ether oxygens (including phenoxy) is 1. The highest BCUT2D eigenvalue weighted by Gasteiger charge is 2.41. The van der Waals surface area contributed by atoms with Crippen molar-refractivity contribution in [1.82, 2.24) is 5.32 Å². The van der Waals surface area contributed by atoms with E-state index in [0.29, 0.717) is 24.3 Å². The second-order valence-corrected chi connectivity index (χ2v) is 5.67. The minimum Gasteiger partial charge on any atom is -0.373 e. The van der Waals surface area contributed by atoms with E-state index in [0.717, 1.165) is 0 Å². The lowest BCUT2D eigenvalue weighted by Gasteiger charge is -2.24. The molecule has 2 aliphatic heterocycles. The molecular weight excluding hydrogens is 210 g/mol. The zero-order valence-electron chi connectivity index (χ0n) is 10.1. The van der Waals surface area contributed by atoms with Crippen LogP contribution in [0.5, 0.6) is 0 Å². The molecule has 2 fully saturated rings. The van der Waals surface area contributed by atoms with Crippen molar-refractivity contribution in [1.29, 1.82) is 0 Å². The summed E-state index contributed by atoms with van der Waals surface area (Å²) in [6.45, 7) is 0. The standard InChI is InChI=1S/C15H19NO/c1-2-4-12-10(3-1)5-7-13(12)16-14-9-11-6-8-15(14)17-11/h1-4,11,13-16H,5-9H2. The summed E-state index contributed by atoms with van der Waals surface area (Å²) >= 11 is 0. The Labute approximate surface area is 102 Å². The largest absolute Gasteiger partial charge is 0.373 e. The zero-order valence-corrected chi connectivity index (χ0v) is 10.1. The van der Waals surface area contributed by atoms with Gasteiger partial charge in [-0.25, -0.2) is 0 Å². The lowest BCUT2D eigenvalue weighted by Crippen LogP contribution is -2.39. The Kier molecular flexibility index (Phi) is 2.27. The predicted molar refractivity (Wildman–Crippen MR) is 66.9 cm³/mol. The smallest absolute Gasteiger partial charge is 0.0733 e. The SMILES string of the molecule is c1ccc2c(c1)CCC2NC1CC2CCC1O2. The van der Waals surface area contributed by atoms with E-state index in [1.54, 1.807) is 0 Å². The van der Waals surface area contributed by atoms with Crippen molar-refractivity contribution in [3.8, 4) is 0 Å². The Bertz CT molecular complexity index is 431. The molecule has 1 aliphatic carbocycles. The number of benzene rings is 1. The molecule has 4 unspecified atom stereocenters. The van der Waals surface area contributed by atoms with Crippen LogP contribution in [-0.4, -0.2) is 18.2 Å². The highest BCUT2D eigenvalue weighted by atomic mass is 16.5. The minimum atomic E-state index is 0.493. The molecular formula is C15H19NO. The van der Waals surface area contributed by atoms with E-state index in [1.165, 1.54) is 43.2 Å². The number of rotatable bonds is 2. The summed E-state index contributed by atoms with van der Waals surface area (Å²) in [6.07, 6.45) is 7.30. The van der Waals surface area contributed by atoms with Crippen LogP contribution in [-0.2, 0) is 11.2 Å². The molecule has 2 nitrogen and oxygen atoms in total. The van der Waals surface area contributed by atoms with Crippen molar-refractivity contribution >= 4 is 0 Å². The average Bonchev–Trinajstić information content (AvgIpc) is 3.05. The summed E-state index contributed by atoms with van der Waals surface area (Å²) in [5, 5.41) is 3.84. The van der Waals surface area contributed by atoms with Crippen molar-refractivity contribution in [2.24, 2.45) is 0 Å². The third kappa shape index (κ3) is 1.62. The highest BCUT2D eigenvalue weighted by Crippen LogP contribution is 2.38. The van der Waals surface area contributed by atoms with Crippen LogP contribution < -0.4 is 5.32 Å². The molecule has 2 heterocycles. The Morgan fingerprint density at radius 2 is 2.06 bits per heavy atom. The first-order chi connectivity index (χ1) is 8.40. The summed E-state index contributed by atoms with van der Waals surface area (Å²) in [4.78, 5) is 0. The normalized spacial score (nSPS) is 38.6. The van der Waals surface area contributed by atoms with E-state index >= 15 is 0 Å². The summed E-state index contributed by atoms with van der Waals surface area (Å²) in [7, 11) is 0. The first-order valence-electron chi connectivity index (χ1n) is 6.89. The van der Waals surface area contributed by atoms with Crippen LogP contribution in [0, 0.1) is 0 Å². The third-order valence-corrected chi connectivity index (χ3v) is 4.65. The van der Waals surface area contributed by atoms with Gasteiger partial charge in [0.15, 0.2) is 0 Å². The molecule has 3 aliphatic rings. The van der Waals surface area contributed by atoms with Crippen molar-refractivity contribution in [2.75, 3.05) is 0 Å². The molecule has 0 saturated carbocycles. The molecule has 0 spiro atoms. The molecule has 1 aromatic carbocycles. The summed E-state index contributed by atoms with van der Waals surface area (Å²) in [5.74, 6) is 0. The summed E-state index contributed by atoms with van der Waals surface area (Å²) < 4.78 is 5.92. The van der Waals surface area contributed by atoms with Gasteiger partial charge in [-0.2, -0.15) is 0 Å². The van der Waals surface area contributed by atoms with Gasteiger partial charge in [-0.15, -0.1) is 0 Å². The van der Waals surface area contributed by atoms with Gasteiger partial charge in [0.2, 0.25) is 0 Å². The van der Waals surface area contributed by atoms with Gasteiger partial charge in [-0.3, -0.25) is 0 Å². The van der Waals surface area contributed by atoms with Gasteiger partial charge < -0.3 is 10.1 Å².